The molecule has 1 aliphatic carbocycles. The van der Waals surface area contributed by atoms with Gasteiger partial charge in [0.15, 0.2) is 0 Å². The zero-order valence-electron chi connectivity index (χ0n) is 4.72. The van der Waals surface area contributed by atoms with Crippen LogP contribution in [0.5, 0.6) is 0 Å². The summed E-state index contributed by atoms with van der Waals surface area (Å²) in [6.45, 7) is 2.60. The first-order valence-electron chi connectivity index (χ1n) is 2.95. The monoisotopic (exact) mass is 100 g/mol. The SMILES string of the molecule is C[C@@H]1CC[C@H]1CO. The molecule has 0 heterocycles. The summed E-state index contributed by atoms with van der Waals surface area (Å²) in [5.74, 6) is 1.44. The molecule has 0 saturated heterocycles. The van der Waals surface area contributed by atoms with Crippen LogP contribution in [0, 0.1) is 11.8 Å². The maximum absolute atomic E-state index is 8.56. The van der Waals surface area contributed by atoms with Gasteiger partial charge in [0, 0.05) is 6.61 Å². The molecule has 1 nitrogen and oxygen atoms in total. The average molecular weight is 100 g/mol. The Morgan fingerprint density at radius 3 is 2.29 bits per heavy atom. The number of hydrogen-bond donors (Lipinski definition) is 1. The first-order valence-corrected chi connectivity index (χ1v) is 2.95. The van der Waals surface area contributed by atoms with Crippen molar-refractivity contribution in [2.24, 2.45) is 11.8 Å². The lowest BCUT2D eigenvalue weighted by Crippen LogP contribution is -2.25. The molecule has 0 aromatic heterocycles. The first kappa shape index (κ1) is 5.10. The Kier molecular flexibility index (Phi) is 1.33. The van der Waals surface area contributed by atoms with E-state index in [2.05, 4.69) is 6.92 Å². The van der Waals surface area contributed by atoms with Crippen molar-refractivity contribution in [2.45, 2.75) is 19.8 Å². The number of aliphatic hydroxyl groups is 1. The van der Waals surface area contributed by atoms with Crippen molar-refractivity contribution in [1.82, 2.24) is 0 Å². The summed E-state index contributed by atoms with van der Waals surface area (Å²) in [4.78, 5) is 0. The number of rotatable bonds is 1. The normalized spacial score (nSPS) is 40.3. The minimum atomic E-state index is 0.404. The standard InChI is InChI=1S/C6H12O/c1-5-2-3-6(5)4-7/h5-7H,2-4H2,1H3/t5-,6+/m1/s1. The molecule has 0 aromatic rings. The van der Waals surface area contributed by atoms with Gasteiger partial charge < -0.3 is 5.11 Å². The topological polar surface area (TPSA) is 20.2 Å². The van der Waals surface area contributed by atoms with E-state index in [1.807, 2.05) is 0 Å². The maximum Gasteiger partial charge on any atom is 0.0461 e. The molecule has 1 heteroatoms. The third-order valence-electron chi connectivity index (χ3n) is 2.03. The Morgan fingerprint density at radius 2 is 2.29 bits per heavy atom. The fourth-order valence-electron chi connectivity index (χ4n) is 1.01. The average Bonchev–Trinajstić information content (AvgIpc) is 1.65. The molecule has 0 aromatic carbocycles. The van der Waals surface area contributed by atoms with Crippen LogP contribution in [0.25, 0.3) is 0 Å². The van der Waals surface area contributed by atoms with Gasteiger partial charge in [0.05, 0.1) is 0 Å². The summed E-state index contributed by atoms with van der Waals surface area (Å²) in [6, 6.07) is 0. The van der Waals surface area contributed by atoms with Crippen LogP contribution < -0.4 is 0 Å². The summed E-state index contributed by atoms with van der Waals surface area (Å²) >= 11 is 0. The summed E-state index contributed by atoms with van der Waals surface area (Å²) in [5.41, 5.74) is 0. The second-order valence-corrected chi connectivity index (χ2v) is 2.50. The highest BCUT2D eigenvalue weighted by Crippen LogP contribution is 2.32. The fraction of sp³-hybridized carbons (Fsp3) is 1.00. The molecule has 0 bridgehead atoms. The van der Waals surface area contributed by atoms with E-state index < -0.39 is 0 Å². The van der Waals surface area contributed by atoms with Crippen molar-refractivity contribution in [2.75, 3.05) is 6.61 Å². The van der Waals surface area contributed by atoms with Crippen molar-refractivity contribution >= 4 is 0 Å². The van der Waals surface area contributed by atoms with Crippen molar-refractivity contribution in [3.63, 3.8) is 0 Å². The molecule has 1 fully saturated rings. The molecule has 7 heavy (non-hydrogen) atoms. The lowest BCUT2D eigenvalue weighted by molar-refractivity contribution is 0.103. The highest BCUT2D eigenvalue weighted by molar-refractivity contribution is 4.75. The molecule has 0 radical (unpaired) electrons. The van der Waals surface area contributed by atoms with Crippen LogP contribution in [-0.4, -0.2) is 11.7 Å². The molecule has 0 amide bonds. The molecule has 1 N–H and O–H groups in total. The minimum Gasteiger partial charge on any atom is -0.396 e. The van der Waals surface area contributed by atoms with E-state index in [9.17, 15) is 0 Å². The molecule has 0 aliphatic heterocycles. The van der Waals surface area contributed by atoms with Gasteiger partial charge in [0.1, 0.15) is 0 Å². The van der Waals surface area contributed by atoms with Crippen LogP contribution >= 0.6 is 0 Å². The largest absolute Gasteiger partial charge is 0.396 e. The molecule has 2 atom stereocenters. The van der Waals surface area contributed by atoms with Gasteiger partial charge >= 0.3 is 0 Å². The van der Waals surface area contributed by atoms with Crippen molar-refractivity contribution in [3.05, 3.63) is 0 Å². The predicted octanol–water partition coefficient (Wildman–Crippen LogP) is 1.02. The smallest absolute Gasteiger partial charge is 0.0461 e. The van der Waals surface area contributed by atoms with Crippen LogP contribution in [-0.2, 0) is 0 Å². The highest BCUT2D eigenvalue weighted by Gasteiger charge is 2.24. The van der Waals surface area contributed by atoms with E-state index in [1.54, 1.807) is 0 Å². The van der Waals surface area contributed by atoms with Crippen LogP contribution in [0.4, 0.5) is 0 Å². The lowest BCUT2D eigenvalue weighted by Gasteiger charge is -2.31. The van der Waals surface area contributed by atoms with Crippen molar-refractivity contribution in [3.8, 4) is 0 Å². The van der Waals surface area contributed by atoms with Crippen LogP contribution in [0.3, 0.4) is 0 Å². The van der Waals surface area contributed by atoms with E-state index in [0.29, 0.717) is 12.5 Å². The van der Waals surface area contributed by atoms with Gasteiger partial charge in [-0.25, -0.2) is 0 Å². The van der Waals surface area contributed by atoms with E-state index in [0.717, 1.165) is 5.92 Å². The highest BCUT2D eigenvalue weighted by atomic mass is 16.3. The van der Waals surface area contributed by atoms with E-state index in [4.69, 9.17) is 5.11 Å². The van der Waals surface area contributed by atoms with E-state index in [1.165, 1.54) is 12.8 Å². The molecular weight excluding hydrogens is 88.1 g/mol. The summed E-state index contributed by atoms with van der Waals surface area (Å²) in [5, 5.41) is 8.56. The second-order valence-electron chi connectivity index (χ2n) is 2.50. The second kappa shape index (κ2) is 1.83. The molecule has 1 saturated carbocycles. The van der Waals surface area contributed by atoms with Gasteiger partial charge in [0.25, 0.3) is 0 Å². The molecule has 1 rings (SSSR count). The van der Waals surface area contributed by atoms with Crippen LogP contribution in [0.1, 0.15) is 19.8 Å². The Labute approximate surface area is 44.4 Å². The first-order chi connectivity index (χ1) is 3.34. The molecule has 42 valence electrons. The van der Waals surface area contributed by atoms with Gasteiger partial charge in [0.2, 0.25) is 0 Å². The van der Waals surface area contributed by atoms with Gasteiger partial charge in [-0.05, 0) is 18.3 Å². The third-order valence-corrected chi connectivity index (χ3v) is 2.03. The molecule has 0 unspecified atom stereocenters. The fourth-order valence-corrected chi connectivity index (χ4v) is 1.01. The Hall–Kier alpha value is -0.0400. The van der Waals surface area contributed by atoms with Gasteiger partial charge in [-0.3, -0.25) is 0 Å². The molecule has 0 spiro atoms. The number of hydrogen-bond acceptors (Lipinski definition) is 1. The number of aliphatic hydroxyl groups excluding tert-OH is 1. The molecule has 1 aliphatic rings. The maximum atomic E-state index is 8.56. The van der Waals surface area contributed by atoms with E-state index >= 15 is 0 Å². The molecular formula is C6H12O. The summed E-state index contributed by atoms with van der Waals surface area (Å²) < 4.78 is 0. The quantitative estimate of drug-likeness (QED) is 0.521. The van der Waals surface area contributed by atoms with Gasteiger partial charge in [-0.2, -0.15) is 0 Å². The van der Waals surface area contributed by atoms with Gasteiger partial charge in [-0.15, -0.1) is 0 Å². The van der Waals surface area contributed by atoms with Crippen LogP contribution in [0.15, 0.2) is 0 Å². The zero-order chi connectivity index (χ0) is 5.28. The Balaban J connectivity index is 2.16. The minimum absolute atomic E-state index is 0.404. The van der Waals surface area contributed by atoms with Gasteiger partial charge in [-0.1, -0.05) is 13.3 Å². The Morgan fingerprint density at radius 1 is 1.57 bits per heavy atom. The van der Waals surface area contributed by atoms with Crippen molar-refractivity contribution < 1.29 is 5.11 Å². The van der Waals surface area contributed by atoms with Crippen LogP contribution in [0.2, 0.25) is 0 Å². The van der Waals surface area contributed by atoms with Crippen molar-refractivity contribution in [1.29, 1.82) is 0 Å². The predicted molar refractivity (Wildman–Crippen MR) is 29.0 cm³/mol. The Bertz CT molecular complexity index is 59.2. The van der Waals surface area contributed by atoms with E-state index in [-0.39, 0.29) is 0 Å². The summed E-state index contributed by atoms with van der Waals surface area (Å²) in [7, 11) is 0. The third kappa shape index (κ3) is 0.778. The lowest BCUT2D eigenvalue weighted by atomic mass is 9.76. The summed E-state index contributed by atoms with van der Waals surface area (Å²) in [6.07, 6.45) is 2.57. The zero-order valence-corrected chi connectivity index (χ0v) is 4.72.